The molecule has 1 aliphatic heterocycles. The van der Waals surface area contributed by atoms with E-state index in [-0.39, 0.29) is 6.04 Å². The minimum absolute atomic E-state index is 0.250. The molecule has 2 N–H and O–H groups in total. The summed E-state index contributed by atoms with van der Waals surface area (Å²) in [7, 11) is -2.97. The highest BCUT2D eigenvalue weighted by molar-refractivity contribution is 7.89. The molecule has 3 aliphatic rings. The average Bonchev–Trinajstić information content (AvgIpc) is 2.96. The Balaban J connectivity index is 1.56. The third-order valence-electron chi connectivity index (χ3n) is 3.56. The van der Waals surface area contributed by atoms with Crippen LogP contribution >= 0.6 is 0 Å². The van der Waals surface area contributed by atoms with Gasteiger partial charge in [-0.25, -0.2) is 13.1 Å². The summed E-state index contributed by atoms with van der Waals surface area (Å²) in [6, 6.07) is 0.250. The molecule has 2 saturated carbocycles. The Morgan fingerprint density at radius 2 is 1.86 bits per heavy atom. The Bertz CT molecular complexity index is 327. The molecule has 0 radical (unpaired) electrons. The van der Waals surface area contributed by atoms with Crippen molar-refractivity contribution < 1.29 is 8.42 Å². The first-order valence-electron chi connectivity index (χ1n) is 5.36. The average molecular weight is 216 g/mol. The molecular weight excluding hydrogens is 200 g/mol. The van der Waals surface area contributed by atoms with E-state index >= 15 is 0 Å². The molecule has 2 aliphatic carbocycles. The third-order valence-corrected chi connectivity index (χ3v) is 5.10. The lowest BCUT2D eigenvalue weighted by Gasteiger charge is -2.07. The summed E-state index contributed by atoms with van der Waals surface area (Å²) in [5.74, 6) is 1.95. The number of fused-ring (bicyclic) bond motifs is 1. The maximum absolute atomic E-state index is 11.6. The molecule has 14 heavy (non-hydrogen) atoms. The van der Waals surface area contributed by atoms with Crippen LogP contribution in [0.5, 0.6) is 0 Å². The molecule has 5 heteroatoms. The Morgan fingerprint density at radius 3 is 2.43 bits per heavy atom. The summed E-state index contributed by atoms with van der Waals surface area (Å²) in [6.07, 6.45) is 2.19. The van der Waals surface area contributed by atoms with E-state index in [1.165, 1.54) is 0 Å². The SMILES string of the molecule is O=S(=O)(CC1CC1)NC1C2CNCC21. The summed E-state index contributed by atoms with van der Waals surface area (Å²) in [6.45, 7) is 1.97. The Morgan fingerprint density at radius 1 is 1.21 bits per heavy atom. The van der Waals surface area contributed by atoms with E-state index in [0.717, 1.165) is 25.9 Å². The van der Waals surface area contributed by atoms with Crippen molar-refractivity contribution in [3.8, 4) is 0 Å². The lowest BCUT2D eigenvalue weighted by molar-refractivity contribution is 0.562. The highest BCUT2D eigenvalue weighted by Gasteiger charge is 2.54. The Hall–Kier alpha value is -0.130. The van der Waals surface area contributed by atoms with Gasteiger partial charge in [0.25, 0.3) is 0 Å². The van der Waals surface area contributed by atoms with Gasteiger partial charge in [-0.3, -0.25) is 0 Å². The molecule has 0 bridgehead atoms. The van der Waals surface area contributed by atoms with E-state index in [0.29, 0.717) is 23.5 Å². The monoisotopic (exact) mass is 216 g/mol. The van der Waals surface area contributed by atoms with Crippen LogP contribution in [0.25, 0.3) is 0 Å². The molecule has 0 aromatic carbocycles. The molecule has 4 nitrogen and oxygen atoms in total. The van der Waals surface area contributed by atoms with Crippen LogP contribution in [-0.2, 0) is 10.0 Å². The fraction of sp³-hybridized carbons (Fsp3) is 1.00. The quantitative estimate of drug-likeness (QED) is 0.668. The highest BCUT2D eigenvalue weighted by Crippen LogP contribution is 2.42. The number of piperidine rings is 1. The van der Waals surface area contributed by atoms with E-state index in [1.807, 2.05) is 0 Å². The first-order chi connectivity index (χ1) is 6.66. The predicted molar refractivity (Wildman–Crippen MR) is 53.3 cm³/mol. The van der Waals surface area contributed by atoms with Crippen LogP contribution in [0.1, 0.15) is 12.8 Å². The van der Waals surface area contributed by atoms with Gasteiger partial charge >= 0.3 is 0 Å². The molecule has 0 aromatic heterocycles. The number of hydrogen-bond donors (Lipinski definition) is 2. The van der Waals surface area contributed by atoms with Gasteiger partial charge in [-0.2, -0.15) is 0 Å². The smallest absolute Gasteiger partial charge is 0.212 e. The molecule has 1 saturated heterocycles. The standard InChI is InChI=1S/C9H16N2O2S/c12-14(13,5-6-1-2-6)11-9-7-3-10-4-8(7)9/h6-11H,1-5H2. The van der Waals surface area contributed by atoms with Crippen LogP contribution in [-0.4, -0.2) is 33.3 Å². The first-order valence-corrected chi connectivity index (χ1v) is 7.02. The number of hydrogen-bond acceptors (Lipinski definition) is 3. The molecular formula is C9H16N2O2S. The second-order valence-electron chi connectivity index (χ2n) is 4.85. The first kappa shape index (κ1) is 9.12. The molecule has 0 aromatic rings. The van der Waals surface area contributed by atoms with Gasteiger partial charge in [0.2, 0.25) is 10.0 Å². The topological polar surface area (TPSA) is 58.2 Å². The van der Waals surface area contributed by atoms with E-state index in [4.69, 9.17) is 0 Å². The fourth-order valence-corrected chi connectivity index (χ4v) is 4.26. The van der Waals surface area contributed by atoms with Crippen LogP contribution in [0.4, 0.5) is 0 Å². The van der Waals surface area contributed by atoms with Gasteiger partial charge in [0.15, 0.2) is 0 Å². The van der Waals surface area contributed by atoms with Crippen molar-refractivity contribution in [2.45, 2.75) is 18.9 Å². The maximum atomic E-state index is 11.6. The molecule has 3 rings (SSSR count). The second kappa shape index (κ2) is 2.93. The molecule has 2 atom stereocenters. The lowest BCUT2D eigenvalue weighted by atomic mass is 10.4. The largest absolute Gasteiger partial charge is 0.316 e. The van der Waals surface area contributed by atoms with E-state index < -0.39 is 10.0 Å². The van der Waals surface area contributed by atoms with Crippen LogP contribution in [0, 0.1) is 17.8 Å². The summed E-state index contributed by atoms with van der Waals surface area (Å²) in [4.78, 5) is 0. The minimum Gasteiger partial charge on any atom is -0.316 e. The van der Waals surface area contributed by atoms with Gasteiger partial charge < -0.3 is 5.32 Å². The minimum atomic E-state index is -2.97. The van der Waals surface area contributed by atoms with E-state index in [1.54, 1.807) is 0 Å². The number of sulfonamides is 1. The summed E-state index contributed by atoms with van der Waals surface area (Å²) in [5.41, 5.74) is 0. The van der Waals surface area contributed by atoms with Crippen molar-refractivity contribution in [1.29, 1.82) is 0 Å². The summed E-state index contributed by atoms with van der Waals surface area (Å²) in [5, 5.41) is 3.26. The fourth-order valence-electron chi connectivity index (χ4n) is 2.44. The maximum Gasteiger partial charge on any atom is 0.212 e. The van der Waals surface area contributed by atoms with Crippen molar-refractivity contribution >= 4 is 10.0 Å². The van der Waals surface area contributed by atoms with Crippen LogP contribution in [0.2, 0.25) is 0 Å². The van der Waals surface area contributed by atoms with Gasteiger partial charge in [0.1, 0.15) is 0 Å². The van der Waals surface area contributed by atoms with Crippen LogP contribution in [0.15, 0.2) is 0 Å². The van der Waals surface area contributed by atoms with Crippen LogP contribution < -0.4 is 10.0 Å². The number of rotatable bonds is 4. The zero-order chi connectivity index (χ0) is 9.76. The lowest BCUT2D eigenvalue weighted by Crippen LogP contribution is -2.34. The zero-order valence-corrected chi connectivity index (χ0v) is 8.89. The van der Waals surface area contributed by atoms with Gasteiger partial charge in [0, 0.05) is 6.04 Å². The zero-order valence-electron chi connectivity index (χ0n) is 8.07. The highest BCUT2D eigenvalue weighted by atomic mass is 32.2. The van der Waals surface area contributed by atoms with Gasteiger partial charge in [-0.15, -0.1) is 0 Å². The normalized spacial score (nSPS) is 41.0. The van der Waals surface area contributed by atoms with Gasteiger partial charge in [-0.1, -0.05) is 0 Å². The van der Waals surface area contributed by atoms with Crippen molar-refractivity contribution in [1.82, 2.24) is 10.0 Å². The van der Waals surface area contributed by atoms with E-state index in [9.17, 15) is 8.42 Å². The molecule has 1 heterocycles. The van der Waals surface area contributed by atoms with Crippen molar-refractivity contribution in [2.24, 2.45) is 17.8 Å². The Labute approximate surface area is 84.5 Å². The summed E-state index contributed by atoms with van der Waals surface area (Å²) < 4.78 is 26.1. The number of nitrogens with one attached hydrogen (secondary N) is 2. The van der Waals surface area contributed by atoms with Crippen LogP contribution in [0.3, 0.4) is 0 Å². The second-order valence-corrected chi connectivity index (χ2v) is 6.65. The van der Waals surface area contributed by atoms with Crippen molar-refractivity contribution in [2.75, 3.05) is 18.8 Å². The molecule has 0 spiro atoms. The molecule has 80 valence electrons. The Kier molecular flexibility index (Phi) is 1.91. The molecule has 3 fully saturated rings. The van der Waals surface area contributed by atoms with Gasteiger partial charge in [-0.05, 0) is 43.7 Å². The third kappa shape index (κ3) is 1.68. The summed E-state index contributed by atoms with van der Waals surface area (Å²) >= 11 is 0. The molecule has 2 unspecified atom stereocenters. The van der Waals surface area contributed by atoms with Crippen molar-refractivity contribution in [3.63, 3.8) is 0 Å². The van der Waals surface area contributed by atoms with Gasteiger partial charge in [0.05, 0.1) is 5.75 Å². The van der Waals surface area contributed by atoms with Crippen molar-refractivity contribution in [3.05, 3.63) is 0 Å². The predicted octanol–water partition coefficient (Wildman–Crippen LogP) is -0.466. The molecule has 0 amide bonds. The van der Waals surface area contributed by atoms with E-state index in [2.05, 4.69) is 10.0 Å².